The van der Waals surface area contributed by atoms with Crippen molar-refractivity contribution in [3.8, 4) is 5.75 Å². The fraction of sp³-hybridized carbons (Fsp3) is 0.667. The molecule has 1 saturated heterocycles. The maximum absolute atomic E-state index is 12.5. The van der Waals surface area contributed by atoms with Gasteiger partial charge in [0.15, 0.2) is 0 Å². The lowest BCUT2D eigenvalue weighted by Crippen LogP contribution is -2.47. The monoisotopic (exact) mass is 428 g/mol. The second kappa shape index (κ2) is 8.79. The smallest absolute Gasteiger partial charge is 0.224 e. The van der Waals surface area contributed by atoms with Gasteiger partial charge in [0, 0.05) is 29.6 Å². The molecule has 2 aliphatic heterocycles. The lowest BCUT2D eigenvalue weighted by Gasteiger charge is -2.37. The predicted molar refractivity (Wildman–Crippen MR) is 115 cm³/mol. The van der Waals surface area contributed by atoms with Crippen LogP contribution < -0.4 is 15.4 Å². The van der Waals surface area contributed by atoms with Gasteiger partial charge in [-0.2, -0.15) is 0 Å². The SMILES string of the molecule is O=C(CC1CC1)Nc1ccc2c(c1)[C@H]1C[C@@H](CC(=O)NC3CCCC3)O[C@@H](CO)[C@H]1O2. The first kappa shape index (κ1) is 20.8. The zero-order valence-electron chi connectivity index (χ0n) is 17.8. The summed E-state index contributed by atoms with van der Waals surface area (Å²) in [7, 11) is 0. The van der Waals surface area contributed by atoms with Crippen molar-refractivity contribution in [1.82, 2.24) is 5.32 Å². The van der Waals surface area contributed by atoms with Crippen molar-refractivity contribution in [3.63, 3.8) is 0 Å². The molecule has 2 heterocycles. The molecule has 0 bridgehead atoms. The summed E-state index contributed by atoms with van der Waals surface area (Å²) < 4.78 is 12.2. The van der Waals surface area contributed by atoms with Gasteiger partial charge in [-0.05, 0) is 56.2 Å². The number of anilines is 1. The minimum atomic E-state index is -0.469. The summed E-state index contributed by atoms with van der Waals surface area (Å²) in [4.78, 5) is 24.8. The molecule has 0 aromatic heterocycles. The number of rotatable bonds is 7. The highest BCUT2D eigenvalue weighted by molar-refractivity contribution is 5.91. The highest BCUT2D eigenvalue weighted by Gasteiger charge is 2.46. The minimum absolute atomic E-state index is 0.0206. The average molecular weight is 429 g/mol. The summed E-state index contributed by atoms with van der Waals surface area (Å²) in [6, 6.07) is 6.02. The van der Waals surface area contributed by atoms with Crippen LogP contribution >= 0.6 is 0 Å². The van der Waals surface area contributed by atoms with E-state index in [2.05, 4.69) is 10.6 Å². The van der Waals surface area contributed by atoms with Gasteiger partial charge in [0.1, 0.15) is 18.0 Å². The standard InChI is InChI=1S/C24H32N2O5/c27-13-21-24-19(11-17(30-21)12-23(29)25-15-3-1-2-4-15)18-10-16(7-8-20(18)31-24)26-22(28)9-14-5-6-14/h7-8,10,14-15,17,19,21,24,27H,1-6,9,11-13H2,(H,25,29)(H,26,28)/t17-,19+,21-,24-/m0/s1. The topological polar surface area (TPSA) is 96.9 Å². The third kappa shape index (κ3) is 4.72. The first-order valence-electron chi connectivity index (χ1n) is 11.7. The van der Waals surface area contributed by atoms with E-state index in [9.17, 15) is 14.7 Å². The van der Waals surface area contributed by atoms with E-state index in [1.165, 1.54) is 12.8 Å². The second-order valence-electron chi connectivity index (χ2n) is 9.61. The number of fused-ring (bicyclic) bond motifs is 3. The molecule has 3 fully saturated rings. The zero-order valence-corrected chi connectivity index (χ0v) is 17.8. The summed E-state index contributed by atoms with van der Waals surface area (Å²) in [5.74, 6) is 1.42. The normalized spacial score (nSPS) is 29.7. The van der Waals surface area contributed by atoms with Crippen molar-refractivity contribution in [1.29, 1.82) is 0 Å². The quantitative estimate of drug-likeness (QED) is 0.621. The number of hydrogen-bond acceptors (Lipinski definition) is 5. The molecule has 3 N–H and O–H groups in total. The Hall–Kier alpha value is -2.12. The number of carbonyl (C=O) groups excluding carboxylic acids is 2. The van der Waals surface area contributed by atoms with E-state index in [-0.39, 0.29) is 42.6 Å². The van der Waals surface area contributed by atoms with Gasteiger partial charge in [0.25, 0.3) is 0 Å². The number of aliphatic hydroxyl groups excluding tert-OH is 1. The molecular formula is C24H32N2O5. The Labute approximate surface area is 182 Å². The van der Waals surface area contributed by atoms with Gasteiger partial charge in [-0.1, -0.05) is 12.8 Å². The first-order chi connectivity index (χ1) is 15.1. The molecule has 31 heavy (non-hydrogen) atoms. The van der Waals surface area contributed by atoms with Gasteiger partial charge < -0.3 is 25.2 Å². The molecule has 1 aromatic rings. The van der Waals surface area contributed by atoms with Crippen molar-refractivity contribution in [2.24, 2.45) is 5.92 Å². The molecular weight excluding hydrogens is 396 g/mol. The lowest BCUT2D eigenvalue weighted by atomic mass is 9.84. The summed E-state index contributed by atoms with van der Waals surface area (Å²) in [5, 5.41) is 16.0. The Kier molecular flexibility index (Phi) is 5.89. The number of benzene rings is 1. The van der Waals surface area contributed by atoms with Crippen LogP contribution in [-0.4, -0.2) is 47.9 Å². The van der Waals surface area contributed by atoms with Crippen LogP contribution in [0, 0.1) is 5.92 Å². The number of hydrogen-bond donors (Lipinski definition) is 3. The van der Waals surface area contributed by atoms with Crippen LogP contribution in [0.1, 0.15) is 69.3 Å². The summed E-state index contributed by atoms with van der Waals surface area (Å²) in [6.07, 6.45) is 7.28. The molecule has 0 unspecified atom stereocenters. The van der Waals surface area contributed by atoms with E-state index in [4.69, 9.17) is 9.47 Å². The van der Waals surface area contributed by atoms with Crippen LogP contribution in [0.15, 0.2) is 18.2 Å². The van der Waals surface area contributed by atoms with Crippen molar-refractivity contribution in [3.05, 3.63) is 23.8 Å². The van der Waals surface area contributed by atoms with Crippen molar-refractivity contribution in [2.45, 2.75) is 88.1 Å². The first-order valence-corrected chi connectivity index (χ1v) is 11.7. The minimum Gasteiger partial charge on any atom is -0.487 e. The second-order valence-corrected chi connectivity index (χ2v) is 9.61. The molecule has 0 spiro atoms. The van der Waals surface area contributed by atoms with E-state index in [0.29, 0.717) is 25.2 Å². The Balaban J connectivity index is 1.26. The molecule has 4 atom stereocenters. The number of aliphatic hydroxyl groups is 1. The molecule has 1 aromatic carbocycles. The van der Waals surface area contributed by atoms with Gasteiger partial charge in [0.05, 0.1) is 19.1 Å². The highest BCUT2D eigenvalue weighted by Crippen LogP contribution is 2.47. The Morgan fingerprint density at radius 2 is 1.87 bits per heavy atom. The van der Waals surface area contributed by atoms with Gasteiger partial charge in [-0.25, -0.2) is 0 Å². The largest absolute Gasteiger partial charge is 0.487 e. The van der Waals surface area contributed by atoms with Crippen molar-refractivity contribution in [2.75, 3.05) is 11.9 Å². The van der Waals surface area contributed by atoms with E-state index >= 15 is 0 Å². The molecule has 4 aliphatic rings. The van der Waals surface area contributed by atoms with Gasteiger partial charge >= 0.3 is 0 Å². The fourth-order valence-corrected chi connectivity index (χ4v) is 5.33. The van der Waals surface area contributed by atoms with Crippen LogP contribution in [0.2, 0.25) is 0 Å². The van der Waals surface area contributed by atoms with E-state index in [1.807, 2.05) is 18.2 Å². The van der Waals surface area contributed by atoms with Crippen LogP contribution in [0.3, 0.4) is 0 Å². The summed E-state index contributed by atoms with van der Waals surface area (Å²) in [6.45, 7) is -0.152. The van der Waals surface area contributed by atoms with E-state index in [0.717, 1.165) is 42.7 Å². The number of carbonyl (C=O) groups is 2. The molecule has 2 amide bonds. The van der Waals surface area contributed by atoms with Crippen LogP contribution in [-0.2, 0) is 14.3 Å². The van der Waals surface area contributed by atoms with E-state index in [1.54, 1.807) is 0 Å². The van der Waals surface area contributed by atoms with Gasteiger partial charge in [-0.3, -0.25) is 9.59 Å². The average Bonchev–Trinajstić information content (AvgIpc) is 3.26. The summed E-state index contributed by atoms with van der Waals surface area (Å²) >= 11 is 0. The van der Waals surface area contributed by atoms with Crippen LogP contribution in [0.25, 0.3) is 0 Å². The molecule has 168 valence electrons. The van der Waals surface area contributed by atoms with Crippen molar-refractivity contribution < 1.29 is 24.2 Å². The Morgan fingerprint density at radius 1 is 1.06 bits per heavy atom. The highest BCUT2D eigenvalue weighted by atomic mass is 16.6. The summed E-state index contributed by atoms with van der Waals surface area (Å²) in [5.41, 5.74) is 1.80. The fourth-order valence-electron chi connectivity index (χ4n) is 5.33. The van der Waals surface area contributed by atoms with Crippen LogP contribution in [0.5, 0.6) is 5.75 Å². The predicted octanol–water partition coefficient (Wildman–Crippen LogP) is 2.87. The molecule has 5 rings (SSSR count). The number of amides is 2. The van der Waals surface area contributed by atoms with Gasteiger partial charge in [0.2, 0.25) is 11.8 Å². The van der Waals surface area contributed by atoms with Crippen molar-refractivity contribution >= 4 is 17.5 Å². The Bertz CT molecular complexity index is 833. The third-order valence-electron chi connectivity index (χ3n) is 7.09. The van der Waals surface area contributed by atoms with E-state index < -0.39 is 6.10 Å². The maximum Gasteiger partial charge on any atom is 0.224 e. The number of nitrogens with one attached hydrogen (secondary N) is 2. The lowest BCUT2D eigenvalue weighted by molar-refractivity contribution is -0.142. The number of ether oxygens (including phenoxy) is 2. The Morgan fingerprint density at radius 3 is 2.61 bits per heavy atom. The molecule has 7 nitrogen and oxygen atoms in total. The maximum atomic E-state index is 12.5. The molecule has 2 aliphatic carbocycles. The molecule has 7 heteroatoms. The molecule has 0 radical (unpaired) electrons. The third-order valence-corrected chi connectivity index (χ3v) is 7.09. The molecule has 2 saturated carbocycles. The zero-order chi connectivity index (χ0) is 21.4. The van der Waals surface area contributed by atoms with Gasteiger partial charge in [-0.15, -0.1) is 0 Å². The van der Waals surface area contributed by atoms with Crippen LogP contribution in [0.4, 0.5) is 5.69 Å².